The van der Waals surface area contributed by atoms with Crippen LogP contribution in [-0.2, 0) is 6.54 Å². The van der Waals surface area contributed by atoms with E-state index in [2.05, 4.69) is 22.1 Å². The largest absolute Gasteiger partial charge is 0.467 e. The molecule has 0 spiro atoms. The van der Waals surface area contributed by atoms with Crippen LogP contribution < -0.4 is 10.2 Å². The Morgan fingerprint density at radius 1 is 1.24 bits per heavy atom. The fourth-order valence-corrected chi connectivity index (χ4v) is 3.41. The van der Waals surface area contributed by atoms with Crippen LogP contribution in [0.1, 0.15) is 35.9 Å². The molecule has 3 heterocycles. The molecule has 7 heteroatoms. The lowest BCUT2D eigenvalue weighted by Crippen LogP contribution is -2.36. The van der Waals surface area contributed by atoms with Crippen LogP contribution in [0, 0.1) is 11.7 Å². The molecule has 0 saturated carbocycles. The van der Waals surface area contributed by atoms with Crippen molar-refractivity contribution in [2.75, 3.05) is 18.0 Å². The molecule has 0 atom stereocenters. The van der Waals surface area contributed by atoms with Gasteiger partial charge in [-0.1, -0.05) is 6.92 Å². The third kappa shape index (κ3) is 4.45. The van der Waals surface area contributed by atoms with Crippen LogP contribution >= 0.6 is 0 Å². The van der Waals surface area contributed by atoms with Crippen molar-refractivity contribution in [1.82, 2.24) is 15.3 Å². The Kier molecular flexibility index (Phi) is 5.55. The van der Waals surface area contributed by atoms with Crippen LogP contribution in [-0.4, -0.2) is 29.0 Å². The summed E-state index contributed by atoms with van der Waals surface area (Å²) in [5.41, 5.74) is 1.14. The standard InChI is InChI=1S/C22H23FN4O2/c1-15-8-10-27(11-9-15)21-19(22(28)25-13-18-3-2-12-29-18)14-24-20(26-21)16-4-6-17(23)7-5-16/h2-7,12,14-15H,8-11,13H2,1H3,(H,25,28). The van der Waals surface area contributed by atoms with Gasteiger partial charge in [0.15, 0.2) is 5.82 Å². The average Bonchev–Trinajstić information content (AvgIpc) is 3.26. The van der Waals surface area contributed by atoms with Gasteiger partial charge in [0.05, 0.1) is 12.8 Å². The number of piperidine rings is 1. The maximum Gasteiger partial charge on any atom is 0.256 e. The molecule has 1 aliphatic heterocycles. The third-order valence-electron chi connectivity index (χ3n) is 5.20. The summed E-state index contributed by atoms with van der Waals surface area (Å²) in [7, 11) is 0. The molecule has 150 valence electrons. The molecule has 1 N–H and O–H groups in total. The number of amides is 1. The van der Waals surface area contributed by atoms with Crippen molar-refractivity contribution in [2.24, 2.45) is 5.92 Å². The Morgan fingerprint density at radius 3 is 2.69 bits per heavy atom. The second kappa shape index (κ2) is 8.43. The molecule has 0 aliphatic carbocycles. The Morgan fingerprint density at radius 2 is 2.00 bits per heavy atom. The van der Waals surface area contributed by atoms with Crippen molar-refractivity contribution in [3.8, 4) is 11.4 Å². The number of nitrogens with zero attached hydrogens (tertiary/aromatic N) is 3. The van der Waals surface area contributed by atoms with Crippen molar-refractivity contribution in [1.29, 1.82) is 0 Å². The van der Waals surface area contributed by atoms with Crippen molar-refractivity contribution in [3.63, 3.8) is 0 Å². The molecule has 1 aliphatic rings. The molecular weight excluding hydrogens is 371 g/mol. The highest BCUT2D eigenvalue weighted by Gasteiger charge is 2.24. The Balaban J connectivity index is 1.63. The van der Waals surface area contributed by atoms with Gasteiger partial charge in [-0.2, -0.15) is 0 Å². The lowest BCUT2D eigenvalue weighted by molar-refractivity contribution is 0.0947. The maximum absolute atomic E-state index is 13.3. The molecule has 6 nitrogen and oxygen atoms in total. The van der Waals surface area contributed by atoms with E-state index in [4.69, 9.17) is 9.40 Å². The summed E-state index contributed by atoms with van der Waals surface area (Å²) >= 11 is 0. The molecule has 0 bridgehead atoms. The van der Waals surface area contributed by atoms with Gasteiger partial charge in [0.2, 0.25) is 0 Å². The van der Waals surface area contributed by atoms with E-state index in [9.17, 15) is 9.18 Å². The number of aromatic nitrogens is 2. The minimum absolute atomic E-state index is 0.249. The Bertz CT molecular complexity index is 965. The summed E-state index contributed by atoms with van der Waals surface area (Å²) in [4.78, 5) is 24.1. The quantitative estimate of drug-likeness (QED) is 0.707. The third-order valence-corrected chi connectivity index (χ3v) is 5.20. The first-order valence-electron chi connectivity index (χ1n) is 9.78. The first kappa shape index (κ1) is 19.1. The maximum atomic E-state index is 13.3. The smallest absolute Gasteiger partial charge is 0.256 e. The molecule has 1 saturated heterocycles. The summed E-state index contributed by atoms with van der Waals surface area (Å²) in [6.07, 6.45) is 5.21. The molecule has 0 radical (unpaired) electrons. The molecule has 3 aromatic rings. The van der Waals surface area contributed by atoms with E-state index in [1.807, 2.05) is 0 Å². The number of halogens is 1. The Labute approximate surface area is 168 Å². The highest BCUT2D eigenvalue weighted by atomic mass is 19.1. The number of nitrogens with one attached hydrogen (secondary N) is 1. The van der Waals surface area contributed by atoms with Gasteiger partial charge in [-0.15, -0.1) is 0 Å². The van der Waals surface area contributed by atoms with E-state index in [-0.39, 0.29) is 11.7 Å². The van der Waals surface area contributed by atoms with Crippen molar-refractivity contribution >= 4 is 11.7 Å². The fraction of sp³-hybridized carbons (Fsp3) is 0.318. The van der Waals surface area contributed by atoms with Gasteiger partial charge in [0.25, 0.3) is 5.91 Å². The van der Waals surface area contributed by atoms with Gasteiger partial charge in [-0.3, -0.25) is 4.79 Å². The van der Waals surface area contributed by atoms with Crippen LogP contribution in [0.5, 0.6) is 0 Å². The van der Waals surface area contributed by atoms with Crippen LogP contribution in [0.2, 0.25) is 0 Å². The van der Waals surface area contributed by atoms with E-state index in [1.165, 1.54) is 12.1 Å². The number of carbonyl (C=O) groups excluding carboxylic acids is 1. The minimum atomic E-state index is -0.312. The van der Waals surface area contributed by atoms with Crippen LogP contribution in [0.4, 0.5) is 10.2 Å². The van der Waals surface area contributed by atoms with Gasteiger partial charge >= 0.3 is 0 Å². The summed E-state index contributed by atoms with van der Waals surface area (Å²) in [5.74, 6) is 1.86. The number of hydrogen-bond donors (Lipinski definition) is 1. The summed E-state index contributed by atoms with van der Waals surface area (Å²) in [6.45, 7) is 4.19. The van der Waals surface area contributed by atoms with Gasteiger partial charge in [0.1, 0.15) is 23.0 Å². The number of furan rings is 1. The molecule has 1 fully saturated rings. The van der Waals surface area contributed by atoms with E-state index in [0.717, 1.165) is 25.9 Å². The first-order valence-corrected chi connectivity index (χ1v) is 9.78. The van der Waals surface area contributed by atoms with Gasteiger partial charge in [0, 0.05) is 24.8 Å². The molecule has 1 amide bonds. The second-order valence-corrected chi connectivity index (χ2v) is 7.37. The minimum Gasteiger partial charge on any atom is -0.467 e. The zero-order chi connectivity index (χ0) is 20.2. The molecule has 29 heavy (non-hydrogen) atoms. The van der Waals surface area contributed by atoms with E-state index in [1.54, 1.807) is 36.7 Å². The number of anilines is 1. The SMILES string of the molecule is CC1CCN(c2nc(-c3ccc(F)cc3)ncc2C(=O)NCc2ccco2)CC1. The summed E-state index contributed by atoms with van der Waals surface area (Å²) in [5, 5.41) is 2.87. The molecule has 2 aromatic heterocycles. The Hall–Kier alpha value is -3.22. The van der Waals surface area contributed by atoms with Gasteiger partial charge in [-0.05, 0) is 55.2 Å². The lowest BCUT2D eigenvalue weighted by atomic mass is 9.99. The number of rotatable bonds is 5. The predicted octanol–water partition coefficient (Wildman–Crippen LogP) is 4.04. The zero-order valence-corrected chi connectivity index (χ0v) is 16.3. The average molecular weight is 394 g/mol. The van der Waals surface area contributed by atoms with E-state index >= 15 is 0 Å². The van der Waals surface area contributed by atoms with Crippen LogP contribution in [0.3, 0.4) is 0 Å². The summed E-state index contributed by atoms with van der Waals surface area (Å²) in [6, 6.07) is 9.63. The van der Waals surface area contributed by atoms with Gasteiger partial charge in [-0.25, -0.2) is 14.4 Å². The fourth-order valence-electron chi connectivity index (χ4n) is 3.41. The summed E-state index contributed by atoms with van der Waals surface area (Å²) < 4.78 is 18.5. The highest BCUT2D eigenvalue weighted by Crippen LogP contribution is 2.27. The highest BCUT2D eigenvalue weighted by molar-refractivity contribution is 5.98. The number of hydrogen-bond acceptors (Lipinski definition) is 5. The van der Waals surface area contributed by atoms with Crippen molar-refractivity contribution < 1.29 is 13.6 Å². The normalized spacial score (nSPS) is 14.8. The second-order valence-electron chi connectivity index (χ2n) is 7.37. The molecule has 1 aromatic carbocycles. The lowest BCUT2D eigenvalue weighted by Gasteiger charge is -2.32. The van der Waals surface area contributed by atoms with E-state index in [0.29, 0.717) is 41.0 Å². The van der Waals surface area contributed by atoms with Crippen molar-refractivity contribution in [3.05, 3.63) is 66.0 Å². The van der Waals surface area contributed by atoms with Crippen LogP contribution in [0.25, 0.3) is 11.4 Å². The number of carbonyl (C=O) groups is 1. The monoisotopic (exact) mass is 394 g/mol. The van der Waals surface area contributed by atoms with Gasteiger partial charge < -0.3 is 14.6 Å². The molecule has 4 rings (SSSR count). The topological polar surface area (TPSA) is 71.3 Å². The first-order chi connectivity index (χ1) is 14.1. The predicted molar refractivity (Wildman–Crippen MR) is 108 cm³/mol. The van der Waals surface area contributed by atoms with Crippen LogP contribution in [0.15, 0.2) is 53.3 Å². The van der Waals surface area contributed by atoms with E-state index < -0.39 is 0 Å². The zero-order valence-electron chi connectivity index (χ0n) is 16.3. The number of benzene rings is 1. The van der Waals surface area contributed by atoms with Crippen molar-refractivity contribution in [2.45, 2.75) is 26.3 Å². The molecule has 0 unspecified atom stereocenters. The molecular formula is C22H23FN4O2.